The zero-order chi connectivity index (χ0) is 15.9. The summed E-state index contributed by atoms with van der Waals surface area (Å²) in [5.74, 6) is 0. The van der Waals surface area contributed by atoms with Crippen molar-refractivity contribution < 1.29 is 17.9 Å². The molecule has 2 nitrogen and oxygen atoms in total. The molecule has 0 bridgehead atoms. The minimum absolute atomic E-state index is 0.218. The molecule has 0 aliphatic carbocycles. The average Bonchev–Trinajstić information content (AvgIpc) is 2.41. The fraction of sp³-hybridized carbons (Fsp3) is 0.625. The van der Waals surface area contributed by atoms with Crippen LogP contribution in [0.15, 0.2) is 24.3 Å². The van der Waals surface area contributed by atoms with E-state index in [2.05, 4.69) is 5.32 Å². The number of ether oxygens (including phenoxy) is 1. The zero-order valence-corrected chi connectivity index (χ0v) is 12.8. The van der Waals surface area contributed by atoms with Gasteiger partial charge in [-0.3, -0.25) is 0 Å². The Kier molecular flexibility index (Phi) is 7.18. The molecule has 0 fully saturated rings. The standard InChI is InChI=1S/C16H24F3NO/c1-12(2)21-11-7-6-10-20-13(3)14-8-4-5-9-15(14)16(17,18)19/h4-5,8-9,12-13,20H,6-7,10-11H2,1-3H3. The van der Waals surface area contributed by atoms with Gasteiger partial charge in [0.15, 0.2) is 0 Å². The van der Waals surface area contributed by atoms with Crippen molar-refractivity contribution in [1.29, 1.82) is 0 Å². The molecule has 0 aromatic heterocycles. The highest BCUT2D eigenvalue weighted by molar-refractivity contribution is 5.31. The molecule has 0 radical (unpaired) electrons. The molecule has 21 heavy (non-hydrogen) atoms. The summed E-state index contributed by atoms with van der Waals surface area (Å²) in [6.45, 7) is 7.08. The van der Waals surface area contributed by atoms with Crippen LogP contribution in [-0.4, -0.2) is 19.3 Å². The fourth-order valence-electron chi connectivity index (χ4n) is 2.11. The molecule has 0 saturated carbocycles. The Morgan fingerprint density at radius 3 is 2.38 bits per heavy atom. The van der Waals surface area contributed by atoms with Gasteiger partial charge in [0.25, 0.3) is 0 Å². The third-order valence-corrected chi connectivity index (χ3v) is 3.21. The van der Waals surface area contributed by atoms with E-state index < -0.39 is 11.7 Å². The van der Waals surface area contributed by atoms with Crippen molar-refractivity contribution in [3.05, 3.63) is 35.4 Å². The minimum Gasteiger partial charge on any atom is -0.379 e. The van der Waals surface area contributed by atoms with Gasteiger partial charge in [-0.2, -0.15) is 13.2 Å². The quantitative estimate of drug-likeness (QED) is 0.711. The predicted octanol–water partition coefficient (Wildman–Crippen LogP) is 4.56. The Balaban J connectivity index is 2.44. The van der Waals surface area contributed by atoms with Gasteiger partial charge in [-0.05, 0) is 51.8 Å². The molecule has 1 rings (SSSR count). The number of hydrogen-bond donors (Lipinski definition) is 1. The van der Waals surface area contributed by atoms with Crippen LogP contribution < -0.4 is 5.32 Å². The summed E-state index contributed by atoms with van der Waals surface area (Å²) in [6.07, 6.45) is -2.31. The van der Waals surface area contributed by atoms with Gasteiger partial charge in [-0.1, -0.05) is 18.2 Å². The van der Waals surface area contributed by atoms with Gasteiger partial charge in [0.1, 0.15) is 0 Å². The first-order chi connectivity index (χ1) is 9.82. The molecule has 0 saturated heterocycles. The fourth-order valence-corrected chi connectivity index (χ4v) is 2.11. The van der Waals surface area contributed by atoms with E-state index in [9.17, 15) is 13.2 Å². The van der Waals surface area contributed by atoms with Crippen LogP contribution in [0.4, 0.5) is 13.2 Å². The van der Waals surface area contributed by atoms with Gasteiger partial charge in [0.05, 0.1) is 11.7 Å². The number of nitrogens with one attached hydrogen (secondary N) is 1. The average molecular weight is 303 g/mol. The van der Waals surface area contributed by atoms with Crippen molar-refractivity contribution >= 4 is 0 Å². The Hall–Kier alpha value is -1.07. The Bertz CT molecular complexity index is 418. The van der Waals surface area contributed by atoms with E-state index in [0.29, 0.717) is 18.7 Å². The van der Waals surface area contributed by atoms with E-state index in [1.807, 2.05) is 13.8 Å². The van der Waals surface area contributed by atoms with Crippen LogP contribution >= 0.6 is 0 Å². The summed E-state index contributed by atoms with van der Waals surface area (Å²) in [5, 5.41) is 3.14. The summed E-state index contributed by atoms with van der Waals surface area (Å²) < 4.78 is 44.2. The smallest absolute Gasteiger partial charge is 0.379 e. The molecule has 1 aromatic carbocycles. The normalized spacial score (nSPS) is 13.7. The third kappa shape index (κ3) is 6.48. The van der Waals surface area contributed by atoms with Gasteiger partial charge >= 0.3 is 6.18 Å². The molecular weight excluding hydrogens is 279 g/mol. The van der Waals surface area contributed by atoms with E-state index in [-0.39, 0.29) is 12.1 Å². The lowest BCUT2D eigenvalue weighted by molar-refractivity contribution is -0.138. The van der Waals surface area contributed by atoms with Crippen molar-refractivity contribution in [1.82, 2.24) is 5.32 Å². The molecule has 0 aliphatic rings. The maximum Gasteiger partial charge on any atom is 0.416 e. The van der Waals surface area contributed by atoms with E-state index in [0.717, 1.165) is 18.9 Å². The second-order valence-corrected chi connectivity index (χ2v) is 5.39. The van der Waals surface area contributed by atoms with Gasteiger partial charge in [0.2, 0.25) is 0 Å². The molecule has 0 amide bonds. The van der Waals surface area contributed by atoms with Crippen LogP contribution in [0.25, 0.3) is 0 Å². The number of alkyl halides is 3. The maximum atomic E-state index is 12.9. The molecule has 0 spiro atoms. The molecule has 0 aliphatic heterocycles. The lowest BCUT2D eigenvalue weighted by atomic mass is 10.0. The van der Waals surface area contributed by atoms with Crippen LogP contribution in [-0.2, 0) is 10.9 Å². The highest BCUT2D eigenvalue weighted by Gasteiger charge is 2.33. The van der Waals surface area contributed by atoms with E-state index in [4.69, 9.17) is 4.74 Å². The van der Waals surface area contributed by atoms with E-state index in [1.165, 1.54) is 12.1 Å². The lowest BCUT2D eigenvalue weighted by Gasteiger charge is -2.19. The second kappa shape index (κ2) is 8.39. The monoisotopic (exact) mass is 303 g/mol. The van der Waals surface area contributed by atoms with Crippen molar-refractivity contribution in [2.45, 2.75) is 51.9 Å². The van der Waals surface area contributed by atoms with Crippen LogP contribution in [0.3, 0.4) is 0 Å². The maximum absolute atomic E-state index is 12.9. The molecule has 1 atom stereocenters. The molecule has 5 heteroatoms. The topological polar surface area (TPSA) is 21.3 Å². The van der Waals surface area contributed by atoms with Gasteiger partial charge in [-0.25, -0.2) is 0 Å². The molecular formula is C16H24F3NO. The van der Waals surface area contributed by atoms with Crippen molar-refractivity contribution in [3.8, 4) is 0 Å². The molecule has 120 valence electrons. The van der Waals surface area contributed by atoms with Crippen LogP contribution in [0.5, 0.6) is 0 Å². The van der Waals surface area contributed by atoms with Crippen LogP contribution in [0.2, 0.25) is 0 Å². The number of halogens is 3. The highest BCUT2D eigenvalue weighted by Crippen LogP contribution is 2.34. The highest BCUT2D eigenvalue weighted by atomic mass is 19.4. The number of unbranched alkanes of at least 4 members (excludes halogenated alkanes) is 1. The van der Waals surface area contributed by atoms with Crippen LogP contribution in [0.1, 0.15) is 50.8 Å². The summed E-state index contributed by atoms with van der Waals surface area (Å²) >= 11 is 0. The summed E-state index contributed by atoms with van der Waals surface area (Å²) in [6, 6.07) is 5.39. The first-order valence-corrected chi connectivity index (χ1v) is 7.33. The third-order valence-electron chi connectivity index (χ3n) is 3.21. The Morgan fingerprint density at radius 1 is 1.10 bits per heavy atom. The van der Waals surface area contributed by atoms with Crippen LogP contribution in [0, 0.1) is 0 Å². The Labute approximate surface area is 124 Å². The zero-order valence-electron chi connectivity index (χ0n) is 12.8. The van der Waals surface area contributed by atoms with Gasteiger partial charge < -0.3 is 10.1 Å². The molecule has 0 heterocycles. The van der Waals surface area contributed by atoms with Gasteiger partial charge in [-0.15, -0.1) is 0 Å². The number of rotatable bonds is 8. The summed E-state index contributed by atoms with van der Waals surface area (Å²) in [7, 11) is 0. The molecule has 1 N–H and O–H groups in total. The van der Waals surface area contributed by atoms with Crippen molar-refractivity contribution in [2.75, 3.05) is 13.2 Å². The summed E-state index contributed by atoms with van der Waals surface area (Å²) in [4.78, 5) is 0. The second-order valence-electron chi connectivity index (χ2n) is 5.39. The van der Waals surface area contributed by atoms with Gasteiger partial charge in [0, 0.05) is 12.6 Å². The Morgan fingerprint density at radius 2 is 1.76 bits per heavy atom. The molecule has 1 aromatic rings. The predicted molar refractivity (Wildman–Crippen MR) is 78.2 cm³/mol. The van der Waals surface area contributed by atoms with Crippen molar-refractivity contribution in [2.24, 2.45) is 0 Å². The van der Waals surface area contributed by atoms with Crippen molar-refractivity contribution in [3.63, 3.8) is 0 Å². The lowest BCUT2D eigenvalue weighted by Crippen LogP contribution is -2.23. The molecule has 1 unspecified atom stereocenters. The minimum atomic E-state index is -4.31. The largest absolute Gasteiger partial charge is 0.416 e. The van der Waals surface area contributed by atoms with E-state index in [1.54, 1.807) is 13.0 Å². The van der Waals surface area contributed by atoms with E-state index >= 15 is 0 Å². The first-order valence-electron chi connectivity index (χ1n) is 7.33. The summed E-state index contributed by atoms with van der Waals surface area (Å²) in [5.41, 5.74) is -0.267. The number of hydrogen-bond acceptors (Lipinski definition) is 2. The number of benzene rings is 1. The SMILES string of the molecule is CC(C)OCCCCNC(C)c1ccccc1C(F)(F)F. The first kappa shape index (κ1) is 18.0.